The Morgan fingerprint density at radius 2 is 1.71 bits per heavy atom. The predicted molar refractivity (Wildman–Crippen MR) is 113 cm³/mol. The van der Waals surface area contributed by atoms with Crippen molar-refractivity contribution in [2.24, 2.45) is 0 Å². The molecule has 0 spiro atoms. The van der Waals surface area contributed by atoms with Crippen molar-refractivity contribution < 1.29 is 56.5 Å². The molecule has 7 atom stereocenters. The molecule has 3 rings (SSSR count). The van der Waals surface area contributed by atoms with Gasteiger partial charge in [-0.05, 0) is 20.8 Å². The fourth-order valence-corrected chi connectivity index (χ4v) is 6.81. The lowest BCUT2D eigenvalue weighted by atomic mass is 10.1. The number of rotatable bonds is 8. The molecule has 4 unspecified atom stereocenters. The van der Waals surface area contributed by atoms with Gasteiger partial charge >= 0.3 is 23.2 Å². The van der Waals surface area contributed by atoms with Gasteiger partial charge in [0.1, 0.15) is 30.2 Å². The number of aromatic nitrogens is 4. The molecule has 20 heteroatoms. The van der Waals surface area contributed by atoms with Gasteiger partial charge in [-0.2, -0.15) is 4.31 Å². The zero-order valence-electron chi connectivity index (χ0n) is 18.0. The number of aliphatic hydroxyl groups is 2. The predicted octanol–water partition coefficient (Wildman–Crippen LogP) is 0.262. The average molecular weight is 547 g/mol. The number of phosphoric ester groups is 1. The van der Waals surface area contributed by atoms with E-state index in [0.717, 1.165) is 6.33 Å². The van der Waals surface area contributed by atoms with Crippen molar-refractivity contribution in [3.8, 4) is 0 Å². The molecule has 1 aliphatic rings. The second-order valence-electron chi connectivity index (χ2n) is 8.22. The van der Waals surface area contributed by atoms with Gasteiger partial charge in [0.05, 0.1) is 18.1 Å². The van der Waals surface area contributed by atoms with Gasteiger partial charge in [0, 0.05) is 0 Å². The van der Waals surface area contributed by atoms with E-state index in [0.29, 0.717) is 0 Å². The molecular weight excluding hydrogens is 523 g/mol. The molecule has 192 valence electrons. The van der Waals surface area contributed by atoms with Crippen LogP contribution >= 0.6 is 23.2 Å². The summed E-state index contributed by atoms with van der Waals surface area (Å²) in [6, 6.07) is 0. The lowest BCUT2D eigenvalue weighted by molar-refractivity contribution is -0.0503. The van der Waals surface area contributed by atoms with Crippen LogP contribution in [-0.4, -0.2) is 74.5 Å². The van der Waals surface area contributed by atoms with Gasteiger partial charge in [-0.25, -0.2) is 28.4 Å². The fraction of sp³-hybridized carbons (Fsp3) is 0.643. The van der Waals surface area contributed by atoms with Crippen LogP contribution in [0.2, 0.25) is 0 Å². The maximum Gasteiger partial charge on any atom is 0.488 e. The van der Waals surface area contributed by atoms with Crippen LogP contribution in [0.25, 0.3) is 11.2 Å². The molecule has 34 heavy (non-hydrogen) atoms. The Morgan fingerprint density at radius 3 is 2.32 bits per heavy atom. The smallest absolute Gasteiger partial charge is 0.387 e. The second kappa shape index (κ2) is 9.28. The third-order valence-electron chi connectivity index (χ3n) is 4.67. The normalized spacial score (nSPS) is 28.9. The second-order valence-corrected chi connectivity index (χ2v) is 14.0. The number of nitrogens with zero attached hydrogens (tertiary/aromatic N) is 4. The van der Waals surface area contributed by atoms with E-state index in [1.54, 1.807) is 0 Å². The highest BCUT2D eigenvalue weighted by Crippen LogP contribution is 2.70. The Morgan fingerprint density at radius 1 is 1.06 bits per heavy atom. The minimum atomic E-state index is -5.55. The molecule has 0 radical (unpaired) electrons. The maximum atomic E-state index is 12.1. The third kappa shape index (κ3) is 5.73. The SMILES string of the molecule is CC(C)(C)P(=O)(O)OP(=O)(O)OP(=O)(O)OC[C@H]1O[C@@H](n2cnc3c(N)ncnc32)C(O)[C@H]1O. The van der Waals surface area contributed by atoms with E-state index < -0.39 is 59.5 Å². The number of nitrogen functional groups attached to an aromatic ring is 1. The summed E-state index contributed by atoms with van der Waals surface area (Å²) in [5.41, 5.74) is 6.08. The van der Waals surface area contributed by atoms with Crippen LogP contribution in [0.5, 0.6) is 0 Å². The van der Waals surface area contributed by atoms with E-state index in [1.807, 2.05) is 0 Å². The van der Waals surface area contributed by atoms with Crippen LogP contribution in [0.15, 0.2) is 12.7 Å². The molecule has 0 bridgehead atoms. The highest BCUT2D eigenvalue weighted by atomic mass is 31.3. The number of imidazole rings is 1. The molecule has 0 amide bonds. The van der Waals surface area contributed by atoms with Gasteiger partial charge in [0.15, 0.2) is 17.7 Å². The molecule has 1 saturated heterocycles. The van der Waals surface area contributed by atoms with Crippen molar-refractivity contribution in [2.45, 2.75) is 50.5 Å². The van der Waals surface area contributed by atoms with Crippen LogP contribution in [0.4, 0.5) is 5.82 Å². The van der Waals surface area contributed by atoms with E-state index >= 15 is 0 Å². The number of hydrogen-bond acceptors (Lipinski definition) is 13. The van der Waals surface area contributed by atoms with Gasteiger partial charge in [0.25, 0.3) is 0 Å². The van der Waals surface area contributed by atoms with E-state index in [-0.39, 0.29) is 17.0 Å². The zero-order valence-corrected chi connectivity index (χ0v) is 20.7. The van der Waals surface area contributed by atoms with Crippen LogP contribution in [-0.2, 0) is 31.6 Å². The molecule has 1 aliphatic heterocycles. The first-order valence-corrected chi connectivity index (χ1v) is 14.0. The summed E-state index contributed by atoms with van der Waals surface area (Å²) >= 11 is 0. The van der Waals surface area contributed by atoms with Crippen LogP contribution < -0.4 is 5.73 Å². The lowest BCUT2D eigenvalue weighted by Gasteiger charge is -2.26. The van der Waals surface area contributed by atoms with Gasteiger partial charge in [0.2, 0.25) is 0 Å². The number of anilines is 1. The molecule has 3 heterocycles. The monoisotopic (exact) mass is 547 g/mol. The molecule has 0 aliphatic carbocycles. The largest absolute Gasteiger partial charge is 0.488 e. The highest BCUT2D eigenvalue weighted by molar-refractivity contribution is 7.68. The number of ether oxygens (including phenoxy) is 1. The molecule has 2 aromatic rings. The summed E-state index contributed by atoms with van der Waals surface area (Å²) in [5, 5.41) is 19.1. The van der Waals surface area contributed by atoms with Crippen molar-refractivity contribution in [3.05, 3.63) is 12.7 Å². The summed E-state index contributed by atoms with van der Waals surface area (Å²) < 4.78 is 55.7. The van der Waals surface area contributed by atoms with Crippen molar-refractivity contribution in [1.29, 1.82) is 0 Å². The van der Waals surface area contributed by atoms with E-state index in [1.165, 1.54) is 31.7 Å². The lowest BCUT2D eigenvalue weighted by Crippen LogP contribution is -2.33. The third-order valence-corrected chi connectivity index (χ3v) is 10.2. The molecule has 2 aromatic heterocycles. The molecular formula is C14H24N5O12P3. The summed E-state index contributed by atoms with van der Waals surface area (Å²) in [4.78, 5) is 40.9. The molecule has 0 aromatic carbocycles. The fourth-order valence-electron chi connectivity index (χ4n) is 2.75. The molecule has 1 fully saturated rings. The quantitative estimate of drug-likeness (QED) is 0.242. The van der Waals surface area contributed by atoms with E-state index in [4.69, 9.17) is 10.5 Å². The average Bonchev–Trinajstić information content (AvgIpc) is 3.20. The van der Waals surface area contributed by atoms with Gasteiger partial charge < -0.3 is 35.4 Å². The number of hydrogen-bond donors (Lipinski definition) is 6. The first kappa shape index (κ1) is 27.3. The van der Waals surface area contributed by atoms with E-state index in [2.05, 4.69) is 28.1 Å². The molecule has 7 N–H and O–H groups in total. The number of aliphatic hydroxyl groups excluding tert-OH is 2. The Hall–Kier alpha value is -1.32. The maximum absolute atomic E-state index is 12.1. The van der Waals surface area contributed by atoms with Crippen LogP contribution in [0.1, 0.15) is 27.0 Å². The number of fused-ring (bicyclic) bond motifs is 1. The number of nitrogens with two attached hydrogens (primary N) is 1. The summed E-state index contributed by atoms with van der Waals surface area (Å²) in [6.07, 6.45) is -3.52. The van der Waals surface area contributed by atoms with Crippen molar-refractivity contribution >= 4 is 40.2 Å². The summed E-state index contributed by atoms with van der Waals surface area (Å²) in [5.74, 6) is 0.0598. The Labute approximate surface area is 192 Å². The Bertz CT molecular complexity index is 1200. The minimum absolute atomic E-state index is 0.0598. The number of phosphoric acid groups is 2. The van der Waals surface area contributed by atoms with Crippen molar-refractivity contribution in [2.75, 3.05) is 12.3 Å². The standard InChI is InChI=1S/C14H24N5O12P3/c1-14(2,3)32(22,23)30-34(26,27)31-33(24,25)28-4-7-9(20)10(21)13(29-7)19-6-18-8-11(15)16-5-17-12(8)19/h5-7,9-10,13,20-21H,4H2,1-3H3,(H,22,23)(H,24,25)(H,26,27)(H2,15,16,17)/t7-,9+,10?,13-/m1/s1. The zero-order chi connectivity index (χ0) is 25.7. The van der Waals surface area contributed by atoms with Crippen molar-refractivity contribution in [3.63, 3.8) is 0 Å². The van der Waals surface area contributed by atoms with Crippen LogP contribution in [0.3, 0.4) is 0 Å². The Kier molecular flexibility index (Phi) is 7.44. The Balaban J connectivity index is 1.68. The van der Waals surface area contributed by atoms with Gasteiger partial charge in [-0.1, -0.05) is 0 Å². The highest BCUT2D eigenvalue weighted by Gasteiger charge is 2.48. The summed E-state index contributed by atoms with van der Waals surface area (Å²) in [7, 11) is -15.7. The topological polar surface area (TPSA) is 259 Å². The molecule has 17 nitrogen and oxygen atoms in total. The van der Waals surface area contributed by atoms with E-state index in [9.17, 15) is 38.6 Å². The van der Waals surface area contributed by atoms with Crippen LogP contribution in [0, 0.1) is 0 Å². The van der Waals surface area contributed by atoms with Gasteiger partial charge in [-0.3, -0.25) is 13.7 Å². The summed E-state index contributed by atoms with van der Waals surface area (Å²) in [6.45, 7) is 2.79. The molecule has 0 saturated carbocycles. The minimum Gasteiger partial charge on any atom is -0.387 e. The van der Waals surface area contributed by atoms with Gasteiger partial charge in [-0.15, -0.1) is 0 Å². The first-order chi connectivity index (χ1) is 15.4. The first-order valence-electron chi connectivity index (χ1n) is 9.44. The van der Waals surface area contributed by atoms with Crippen molar-refractivity contribution in [1.82, 2.24) is 19.5 Å².